The molecule has 268 valence electrons. The van der Waals surface area contributed by atoms with E-state index in [9.17, 15) is 0 Å². The standard InChI is InChI=1S/C54H37NOSi/c1-4-19-41(20-5-1)57(42-21-6-2-7-22-42,43-23-8-3-9-24-43)44-34-32-40(33-35-44)55(52-37-39-18-11-12-25-45(39)47-27-14-15-28-48(47)52)51-30-16-29-49-50-36-31-38-17-10-13-26-46(38)53(50)56-54(49)51/h1-37H. The highest BCUT2D eigenvalue weighted by Gasteiger charge is 2.41. The van der Waals surface area contributed by atoms with Gasteiger partial charge in [-0.15, -0.1) is 0 Å². The Hall–Kier alpha value is -7.20. The third-order valence-corrected chi connectivity index (χ3v) is 16.6. The van der Waals surface area contributed by atoms with Gasteiger partial charge in [-0.2, -0.15) is 0 Å². The second kappa shape index (κ2) is 13.5. The summed E-state index contributed by atoms with van der Waals surface area (Å²) in [6.45, 7) is 0. The fourth-order valence-electron chi connectivity index (χ4n) is 9.24. The highest BCUT2D eigenvalue weighted by atomic mass is 28.3. The zero-order valence-electron chi connectivity index (χ0n) is 31.2. The van der Waals surface area contributed by atoms with E-state index in [2.05, 4.69) is 229 Å². The molecule has 1 heterocycles. The smallest absolute Gasteiger partial charge is 0.179 e. The van der Waals surface area contributed by atoms with Crippen molar-refractivity contribution < 1.29 is 4.42 Å². The molecule has 0 radical (unpaired) electrons. The van der Waals surface area contributed by atoms with Crippen molar-refractivity contribution in [2.24, 2.45) is 0 Å². The van der Waals surface area contributed by atoms with E-state index in [1.807, 2.05) is 0 Å². The summed E-state index contributed by atoms with van der Waals surface area (Å²) in [5.74, 6) is 0. The molecule has 0 spiro atoms. The van der Waals surface area contributed by atoms with Gasteiger partial charge in [0.2, 0.25) is 0 Å². The topological polar surface area (TPSA) is 16.4 Å². The highest BCUT2D eigenvalue weighted by Crippen LogP contribution is 2.46. The zero-order chi connectivity index (χ0) is 37.8. The van der Waals surface area contributed by atoms with E-state index in [0.29, 0.717) is 0 Å². The van der Waals surface area contributed by atoms with Crippen LogP contribution in [0.3, 0.4) is 0 Å². The Morgan fingerprint density at radius 1 is 0.298 bits per heavy atom. The predicted molar refractivity (Wildman–Crippen MR) is 245 cm³/mol. The summed E-state index contributed by atoms with van der Waals surface area (Å²) in [7, 11) is -2.73. The molecule has 0 unspecified atom stereocenters. The number of fused-ring (bicyclic) bond motifs is 8. The molecule has 2 nitrogen and oxygen atoms in total. The van der Waals surface area contributed by atoms with Crippen LogP contribution >= 0.6 is 0 Å². The second-order valence-electron chi connectivity index (χ2n) is 14.8. The zero-order valence-corrected chi connectivity index (χ0v) is 32.2. The van der Waals surface area contributed by atoms with Crippen LogP contribution in [-0.2, 0) is 0 Å². The van der Waals surface area contributed by atoms with Gasteiger partial charge in [-0.3, -0.25) is 0 Å². The van der Waals surface area contributed by atoms with Crippen LogP contribution in [-0.4, -0.2) is 8.07 Å². The summed E-state index contributed by atoms with van der Waals surface area (Å²) in [5.41, 5.74) is 4.95. The van der Waals surface area contributed by atoms with E-state index in [0.717, 1.165) is 44.4 Å². The molecule has 1 aromatic heterocycles. The van der Waals surface area contributed by atoms with E-state index in [-0.39, 0.29) is 0 Å². The maximum atomic E-state index is 7.04. The van der Waals surface area contributed by atoms with Crippen molar-refractivity contribution in [3.63, 3.8) is 0 Å². The lowest BCUT2D eigenvalue weighted by Crippen LogP contribution is -2.74. The monoisotopic (exact) mass is 743 g/mol. The van der Waals surface area contributed by atoms with Gasteiger partial charge >= 0.3 is 0 Å². The van der Waals surface area contributed by atoms with Crippen LogP contribution in [0.25, 0.3) is 54.3 Å². The second-order valence-corrected chi connectivity index (χ2v) is 18.6. The molecule has 0 amide bonds. The third kappa shape index (κ3) is 5.24. The number of para-hydroxylation sites is 1. The van der Waals surface area contributed by atoms with Crippen LogP contribution in [0.1, 0.15) is 0 Å². The Kier molecular flexibility index (Phi) is 7.87. The summed E-state index contributed by atoms with van der Waals surface area (Å²) >= 11 is 0. The molecule has 0 atom stereocenters. The molecule has 10 aromatic carbocycles. The van der Waals surface area contributed by atoms with Gasteiger partial charge < -0.3 is 9.32 Å². The number of furan rings is 1. The van der Waals surface area contributed by atoms with Crippen molar-refractivity contribution in [3.8, 4) is 0 Å². The molecule has 11 rings (SSSR count). The quantitative estimate of drug-likeness (QED) is 0.0918. The average Bonchev–Trinajstić information content (AvgIpc) is 3.69. The van der Waals surface area contributed by atoms with Gasteiger partial charge in [0.25, 0.3) is 0 Å². The summed E-state index contributed by atoms with van der Waals surface area (Å²) < 4.78 is 7.04. The molecule has 11 aromatic rings. The van der Waals surface area contributed by atoms with Crippen LogP contribution in [0.4, 0.5) is 17.1 Å². The van der Waals surface area contributed by atoms with Crippen LogP contribution in [0.5, 0.6) is 0 Å². The predicted octanol–water partition coefficient (Wildman–Crippen LogP) is 11.9. The molecule has 0 bridgehead atoms. The van der Waals surface area contributed by atoms with Gasteiger partial charge in [-0.25, -0.2) is 0 Å². The maximum Gasteiger partial charge on any atom is 0.179 e. The number of anilines is 3. The summed E-state index contributed by atoms with van der Waals surface area (Å²) in [6.07, 6.45) is 0. The first-order valence-electron chi connectivity index (χ1n) is 19.6. The lowest BCUT2D eigenvalue weighted by molar-refractivity contribution is 0.673. The van der Waals surface area contributed by atoms with Crippen LogP contribution < -0.4 is 25.6 Å². The normalized spacial score (nSPS) is 11.9. The van der Waals surface area contributed by atoms with Gasteiger partial charge in [0.05, 0.1) is 11.4 Å². The molecule has 3 heteroatoms. The Bertz CT molecular complexity index is 3130. The number of nitrogens with zero attached hydrogens (tertiary/aromatic N) is 1. The number of hydrogen-bond donors (Lipinski definition) is 0. The van der Waals surface area contributed by atoms with E-state index >= 15 is 0 Å². The van der Waals surface area contributed by atoms with Crippen molar-refractivity contribution in [1.29, 1.82) is 0 Å². The first-order chi connectivity index (χ1) is 28.3. The van der Waals surface area contributed by atoms with Crippen LogP contribution in [0.2, 0.25) is 0 Å². The molecule has 57 heavy (non-hydrogen) atoms. The number of hydrogen-bond acceptors (Lipinski definition) is 2. The highest BCUT2D eigenvalue weighted by molar-refractivity contribution is 7.19. The first kappa shape index (κ1) is 33.2. The minimum Gasteiger partial charge on any atom is -0.453 e. The third-order valence-electron chi connectivity index (χ3n) is 11.8. The fraction of sp³-hybridized carbons (Fsp3) is 0. The molecular weight excluding hydrogens is 707 g/mol. The van der Waals surface area contributed by atoms with Gasteiger partial charge in [-0.05, 0) is 72.6 Å². The Morgan fingerprint density at radius 2 is 0.789 bits per heavy atom. The molecule has 0 aliphatic carbocycles. The van der Waals surface area contributed by atoms with Crippen LogP contribution in [0.15, 0.2) is 229 Å². The molecule has 0 saturated carbocycles. The maximum absolute atomic E-state index is 7.04. The minimum atomic E-state index is -2.73. The van der Waals surface area contributed by atoms with Gasteiger partial charge in [0.15, 0.2) is 13.7 Å². The molecule has 0 fully saturated rings. The lowest BCUT2D eigenvalue weighted by Gasteiger charge is -2.35. The first-order valence-corrected chi connectivity index (χ1v) is 21.6. The summed E-state index contributed by atoms with van der Waals surface area (Å²) in [5, 5.41) is 14.7. The number of benzene rings is 10. The number of rotatable bonds is 7. The SMILES string of the molecule is c1ccc([Si](c2ccccc2)(c2ccccc2)c2ccc(N(c3cc4ccccc4c4ccccc34)c3cccc4c3oc3c5ccccc5ccc43)cc2)cc1. The van der Waals surface area contributed by atoms with Gasteiger partial charge in [0.1, 0.15) is 5.58 Å². The lowest BCUT2D eigenvalue weighted by atomic mass is 9.99. The van der Waals surface area contributed by atoms with E-state index < -0.39 is 8.07 Å². The van der Waals surface area contributed by atoms with E-state index in [4.69, 9.17) is 4.42 Å². The largest absolute Gasteiger partial charge is 0.453 e. The molecule has 0 aliphatic rings. The van der Waals surface area contributed by atoms with Crippen molar-refractivity contribution in [1.82, 2.24) is 0 Å². The minimum absolute atomic E-state index is 0.867. The molecular formula is C54H37NOSi. The fourth-order valence-corrected chi connectivity index (χ4v) is 14.0. The molecule has 0 aliphatic heterocycles. The summed E-state index contributed by atoms with van der Waals surface area (Å²) in [4.78, 5) is 2.42. The Labute approximate surface area is 332 Å². The van der Waals surface area contributed by atoms with E-state index in [1.165, 1.54) is 47.7 Å². The van der Waals surface area contributed by atoms with E-state index in [1.54, 1.807) is 0 Å². The van der Waals surface area contributed by atoms with Gasteiger partial charge in [-0.1, -0.05) is 194 Å². The average molecular weight is 744 g/mol. The van der Waals surface area contributed by atoms with Crippen molar-refractivity contribution in [2.75, 3.05) is 4.90 Å². The van der Waals surface area contributed by atoms with Crippen LogP contribution in [0, 0.1) is 0 Å². The Morgan fingerprint density at radius 3 is 1.44 bits per heavy atom. The molecule has 0 N–H and O–H groups in total. The van der Waals surface area contributed by atoms with Crippen molar-refractivity contribution in [3.05, 3.63) is 224 Å². The van der Waals surface area contributed by atoms with Crippen molar-refractivity contribution in [2.45, 2.75) is 0 Å². The summed E-state index contributed by atoms with van der Waals surface area (Å²) in [6, 6.07) is 82.1. The Balaban J connectivity index is 1.20. The van der Waals surface area contributed by atoms with Gasteiger partial charge in [0, 0.05) is 27.2 Å². The molecule has 0 saturated heterocycles. The van der Waals surface area contributed by atoms with Crippen molar-refractivity contribution >= 4 is 100 Å².